The van der Waals surface area contributed by atoms with Crippen LogP contribution in [-0.4, -0.2) is 55.6 Å². The minimum atomic E-state index is -0.561. The van der Waals surface area contributed by atoms with Gasteiger partial charge in [0.1, 0.15) is 24.2 Å². The Kier molecular flexibility index (Phi) is 7.52. The summed E-state index contributed by atoms with van der Waals surface area (Å²) in [4.78, 5) is 3.63. The summed E-state index contributed by atoms with van der Waals surface area (Å²) in [6.45, 7) is 5.49. The van der Waals surface area contributed by atoms with Crippen molar-refractivity contribution in [2.75, 3.05) is 33.4 Å². The van der Waals surface area contributed by atoms with E-state index in [4.69, 9.17) is 14.2 Å². The van der Waals surface area contributed by atoms with Crippen LogP contribution in [0.4, 0.5) is 0 Å². The number of nitrogens with zero attached hydrogens (tertiary/aromatic N) is 1. The fraction of sp³-hybridized carbons (Fsp3) is 0.524. The Balaban J connectivity index is 1.53. The molecule has 0 aliphatic carbocycles. The largest absolute Gasteiger partial charge is 0.497 e. The molecule has 0 saturated carbocycles. The molecular weight excluding hydrogens is 362 g/mol. The van der Waals surface area contributed by atoms with Crippen LogP contribution in [0.25, 0.3) is 0 Å². The van der Waals surface area contributed by atoms with Crippen molar-refractivity contribution in [3.63, 3.8) is 0 Å². The lowest BCUT2D eigenvalue weighted by molar-refractivity contribution is 0.0316. The maximum Gasteiger partial charge on any atom is 0.119 e. The van der Waals surface area contributed by atoms with Crippen molar-refractivity contribution in [2.45, 2.75) is 38.5 Å². The molecule has 2 atom stereocenters. The van der Waals surface area contributed by atoms with E-state index in [1.54, 1.807) is 18.4 Å². The van der Waals surface area contributed by atoms with Crippen LogP contribution in [0.15, 0.2) is 35.7 Å². The van der Waals surface area contributed by atoms with Gasteiger partial charge in [0, 0.05) is 31.1 Å². The molecule has 148 valence electrons. The van der Waals surface area contributed by atoms with Gasteiger partial charge in [0.25, 0.3) is 0 Å². The van der Waals surface area contributed by atoms with E-state index in [9.17, 15) is 5.11 Å². The quantitative estimate of drug-likeness (QED) is 0.672. The molecule has 3 rings (SSSR count). The fourth-order valence-electron chi connectivity index (χ4n) is 3.26. The maximum absolute atomic E-state index is 10.5. The number of methoxy groups -OCH3 is 1. The van der Waals surface area contributed by atoms with Crippen LogP contribution in [0.5, 0.6) is 11.5 Å². The standard InChI is InChI=1S/C21H29NO4S/c1-16-9-11-27-21(16)14-22(13-20-4-3-10-25-20)12-17(23)15-26-19-7-5-18(24-2)6-8-19/h5-9,11,17,20,23H,3-4,10,12-15H2,1-2H3. The van der Waals surface area contributed by atoms with Gasteiger partial charge < -0.3 is 19.3 Å². The van der Waals surface area contributed by atoms with Crippen LogP contribution >= 0.6 is 11.3 Å². The predicted molar refractivity (Wildman–Crippen MR) is 108 cm³/mol. The van der Waals surface area contributed by atoms with Gasteiger partial charge in [0.05, 0.1) is 13.2 Å². The van der Waals surface area contributed by atoms with Crippen LogP contribution < -0.4 is 9.47 Å². The third kappa shape index (κ3) is 6.21. The van der Waals surface area contributed by atoms with Gasteiger partial charge in [0.15, 0.2) is 0 Å². The van der Waals surface area contributed by atoms with Crippen molar-refractivity contribution >= 4 is 11.3 Å². The molecule has 6 heteroatoms. The van der Waals surface area contributed by atoms with Gasteiger partial charge >= 0.3 is 0 Å². The summed E-state index contributed by atoms with van der Waals surface area (Å²) in [5.41, 5.74) is 1.31. The average Bonchev–Trinajstić information content (AvgIpc) is 3.32. The second-order valence-corrected chi connectivity index (χ2v) is 8.00. The Bertz CT molecular complexity index is 682. The molecule has 0 amide bonds. The molecule has 1 saturated heterocycles. The summed E-state index contributed by atoms with van der Waals surface area (Å²) in [6.07, 6.45) is 1.92. The number of benzene rings is 1. The second-order valence-electron chi connectivity index (χ2n) is 7.00. The molecule has 2 aromatic rings. The molecule has 1 fully saturated rings. The maximum atomic E-state index is 10.5. The monoisotopic (exact) mass is 391 g/mol. The van der Waals surface area contributed by atoms with Gasteiger partial charge in [0.2, 0.25) is 0 Å². The van der Waals surface area contributed by atoms with Crippen molar-refractivity contribution in [1.29, 1.82) is 0 Å². The van der Waals surface area contributed by atoms with Gasteiger partial charge in [-0.1, -0.05) is 0 Å². The highest BCUT2D eigenvalue weighted by Crippen LogP contribution is 2.21. The molecule has 1 aromatic carbocycles. The van der Waals surface area contributed by atoms with Crippen LogP contribution in [0.3, 0.4) is 0 Å². The highest BCUT2D eigenvalue weighted by molar-refractivity contribution is 7.10. The van der Waals surface area contributed by atoms with E-state index in [0.29, 0.717) is 6.54 Å². The van der Waals surface area contributed by atoms with Gasteiger partial charge in [-0.05, 0) is 61.0 Å². The van der Waals surface area contributed by atoms with Crippen molar-refractivity contribution in [3.05, 3.63) is 46.2 Å². The lowest BCUT2D eigenvalue weighted by Crippen LogP contribution is -2.39. The molecule has 1 N–H and O–H groups in total. The zero-order valence-corrected chi connectivity index (χ0v) is 16.9. The van der Waals surface area contributed by atoms with Crippen LogP contribution in [0.1, 0.15) is 23.3 Å². The zero-order chi connectivity index (χ0) is 19.1. The molecule has 1 aliphatic heterocycles. The first-order valence-corrected chi connectivity index (χ1v) is 10.3. The van der Waals surface area contributed by atoms with E-state index in [2.05, 4.69) is 23.3 Å². The number of rotatable bonds is 10. The Morgan fingerprint density at radius 3 is 2.67 bits per heavy atom. The molecule has 0 radical (unpaired) electrons. The molecule has 2 unspecified atom stereocenters. The molecule has 0 spiro atoms. The number of thiophene rings is 1. The van der Waals surface area contributed by atoms with Gasteiger partial charge in [-0.25, -0.2) is 0 Å². The van der Waals surface area contributed by atoms with Crippen LogP contribution in [0.2, 0.25) is 0 Å². The van der Waals surface area contributed by atoms with Crippen molar-refractivity contribution in [2.24, 2.45) is 0 Å². The number of ether oxygens (including phenoxy) is 3. The van der Waals surface area contributed by atoms with E-state index in [-0.39, 0.29) is 12.7 Å². The van der Waals surface area contributed by atoms with Gasteiger partial charge in [-0.3, -0.25) is 4.90 Å². The molecule has 1 aliphatic rings. The molecule has 5 nitrogen and oxygen atoms in total. The van der Waals surface area contributed by atoms with Gasteiger partial charge in [-0.2, -0.15) is 0 Å². The zero-order valence-electron chi connectivity index (χ0n) is 16.1. The Labute approximate surface area is 165 Å². The lowest BCUT2D eigenvalue weighted by Gasteiger charge is -2.27. The third-order valence-electron chi connectivity index (χ3n) is 4.79. The SMILES string of the molecule is COc1ccc(OCC(O)CN(Cc2sccc2C)CC2CCCO2)cc1. The summed E-state index contributed by atoms with van der Waals surface area (Å²) in [6, 6.07) is 9.55. The van der Waals surface area contributed by atoms with Crippen molar-refractivity contribution < 1.29 is 19.3 Å². The number of aliphatic hydroxyl groups excluding tert-OH is 1. The third-order valence-corrected chi connectivity index (χ3v) is 5.80. The Morgan fingerprint density at radius 2 is 2.04 bits per heavy atom. The predicted octanol–water partition coefficient (Wildman–Crippen LogP) is 3.49. The van der Waals surface area contributed by atoms with Crippen molar-refractivity contribution in [3.8, 4) is 11.5 Å². The lowest BCUT2D eigenvalue weighted by atomic mass is 10.2. The van der Waals surface area contributed by atoms with E-state index >= 15 is 0 Å². The topological polar surface area (TPSA) is 51.2 Å². The first kappa shape index (κ1) is 20.1. The second kappa shape index (κ2) is 10.1. The number of aryl methyl sites for hydroxylation is 1. The van der Waals surface area contributed by atoms with E-state index < -0.39 is 6.10 Å². The summed E-state index contributed by atoms with van der Waals surface area (Å²) >= 11 is 1.77. The van der Waals surface area contributed by atoms with E-state index in [1.807, 2.05) is 24.3 Å². The molecule has 2 heterocycles. The number of hydrogen-bond acceptors (Lipinski definition) is 6. The fourth-order valence-corrected chi connectivity index (χ4v) is 4.21. The number of aliphatic hydroxyl groups is 1. The van der Waals surface area contributed by atoms with Crippen LogP contribution in [0, 0.1) is 6.92 Å². The smallest absolute Gasteiger partial charge is 0.119 e. The normalized spacial score (nSPS) is 18.0. The summed E-state index contributed by atoms with van der Waals surface area (Å²) < 4.78 is 16.7. The molecule has 0 bridgehead atoms. The average molecular weight is 392 g/mol. The Morgan fingerprint density at radius 1 is 1.26 bits per heavy atom. The highest BCUT2D eigenvalue weighted by atomic mass is 32.1. The Hall–Kier alpha value is -1.60. The molecule has 1 aromatic heterocycles. The van der Waals surface area contributed by atoms with Crippen molar-refractivity contribution in [1.82, 2.24) is 4.90 Å². The van der Waals surface area contributed by atoms with E-state index in [1.165, 1.54) is 10.4 Å². The summed E-state index contributed by atoms with van der Waals surface area (Å²) in [7, 11) is 1.64. The summed E-state index contributed by atoms with van der Waals surface area (Å²) in [5.74, 6) is 1.52. The first-order valence-electron chi connectivity index (χ1n) is 9.46. The summed E-state index contributed by atoms with van der Waals surface area (Å²) in [5, 5.41) is 12.6. The minimum Gasteiger partial charge on any atom is -0.497 e. The molecule has 27 heavy (non-hydrogen) atoms. The van der Waals surface area contributed by atoms with Gasteiger partial charge in [-0.15, -0.1) is 11.3 Å². The minimum absolute atomic E-state index is 0.262. The first-order chi connectivity index (χ1) is 13.1. The molecular formula is C21H29NO4S. The van der Waals surface area contributed by atoms with E-state index in [0.717, 1.165) is 44.0 Å². The highest BCUT2D eigenvalue weighted by Gasteiger charge is 2.22. The number of hydrogen-bond donors (Lipinski definition) is 1. The van der Waals surface area contributed by atoms with Crippen LogP contribution in [-0.2, 0) is 11.3 Å².